The number of unbranched alkanes of at least 4 members (excludes halogenated alkanes) is 7. The molecule has 0 aliphatic carbocycles. The molecule has 6 heteroatoms. The van der Waals surface area contributed by atoms with E-state index in [-0.39, 0.29) is 5.56 Å². The van der Waals surface area contributed by atoms with Crippen LogP contribution in [-0.2, 0) is 0 Å². The van der Waals surface area contributed by atoms with Crippen molar-refractivity contribution in [3.05, 3.63) is 47.7 Å². The molecule has 1 aromatic rings. The molecule has 0 heterocycles. The number of carboxylic acid groups (broad SMARTS) is 1. The number of allylic oxidation sites excluding steroid dienone is 1. The Bertz CT molecular complexity index is 527. The topological polar surface area (TPSA) is 87.8 Å². The zero-order valence-electron chi connectivity index (χ0n) is 14.1. The minimum Gasteiger partial charge on any atom is -0.696 e. The molecule has 0 fully saturated rings. The average molecular weight is 333 g/mol. The summed E-state index contributed by atoms with van der Waals surface area (Å²) in [5.74, 6) is -0.982. The maximum Gasteiger partial charge on any atom is 0.335 e. The molecular formula is C18H27N3O3. The van der Waals surface area contributed by atoms with E-state index in [1.54, 1.807) is 12.1 Å². The molecule has 132 valence electrons. The number of carbonyl (C=O) groups is 1. The standard InChI is InChI=1S/C18H27N3O3/c1-2-3-4-5-6-7-8-9-10-15-21(24)20-19-17-13-11-16(12-14-17)18(22)23/h2,11-14,19H,1,3-10,15H2,(H,22,23)/b21-20+. The highest BCUT2D eigenvalue weighted by Gasteiger charge is 2.03. The van der Waals surface area contributed by atoms with Crippen molar-refractivity contribution >= 4 is 11.7 Å². The minimum atomic E-state index is -0.982. The van der Waals surface area contributed by atoms with Crippen LogP contribution in [0, 0.1) is 5.21 Å². The first kappa shape index (κ1) is 19.7. The maximum atomic E-state index is 11.6. The first-order valence-electron chi connectivity index (χ1n) is 8.49. The molecule has 0 saturated heterocycles. The zero-order chi connectivity index (χ0) is 17.6. The lowest BCUT2D eigenvalue weighted by atomic mass is 10.1. The molecule has 0 atom stereocenters. The maximum absolute atomic E-state index is 11.6. The van der Waals surface area contributed by atoms with Crippen LogP contribution in [0.5, 0.6) is 0 Å². The second kappa shape index (κ2) is 12.1. The molecule has 2 N–H and O–H groups in total. The monoisotopic (exact) mass is 333 g/mol. The third-order valence-electron chi connectivity index (χ3n) is 3.68. The van der Waals surface area contributed by atoms with E-state index < -0.39 is 5.97 Å². The number of hydroxylamine groups is 1. The minimum absolute atomic E-state index is 0.198. The number of carboxylic acids is 1. The molecule has 1 aromatic carbocycles. The lowest BCUT2D eigenvalue weighted by Gasteiger charge is -2.06. The Hall–Kier alpha value is -2.37. The van der Waals surface area contributed by atoms with E-state index >= 15 is 0 Å². The SMILES string of the molecule is C=CCCCCCCCCC/[N+]([O-])=N\Nc1ccc(C(=O)O)cc1. The Morgan fingerprint density at radius 1 is 1.12 bits per heavy atom. The molecule has 0 aromatic heterocycles. The highest BCUT2D eigenvalue weighted by molar-refractivity contribution is 5.87. The number of hydrogen-bond donors (Lipinski definition) is 2. The van der Waals surface area contributed by atoms with E-state index in [0.29, 0.717) is 17.1 Å². The normalized spacial score (nSPS) is 11.2. The number of anilines is 1. The summed E-state index contributed by atoms with van der Waals surface area (Å²) in [4.78, 5) is 11.4. The quantitative estimate of drug-likeness (QED) is 0.175. The second-order valence-electron chi connectivity index (χ2n) is 5.72. The highest BCUT2D eigenvalue weighted by Crippen LogP contribution is 2.10. The summed E-state index contributed by atoms with van der Waals surface area (Å²) in [6.45, 7) is 4.07. The van der Waals surface area contributed by atoms with Crippen LogP contribution in [0.2, 0.25) is 0 Å². The molecule has 1 rings (SSSR count). The van der Waals surface area contributed by atoms with Gasteiger partial charge in [-0.05, 0) is 49.9 Å². The molecule has 0 unspecified atom stereocenters. The molecule has 0 spiro atoms. The van der Waals surface area contributed by atoms with E-state index in [9.17, 15) is 10.0 Å². The first-order chi connectivity index (χ1) is 11.6. The van der Waals surface area contributed by atoms with Gasteiger partial charge in [0.25, 0.3) is 0 Å². The fourth-order valence-corrected chi connectivity index (χ4v) is 2.27. The fourth-order valence-electron chi connectivity index (χ4n) is 2.27. The summed E-state index contributed by atoms with van der Waals surface area (Å²) in [5.41, 5.74) is 3.41. The van der Waals surface area contributed by atoms with Gasteiger partial charge in [0.1, 0.15) is 12.2 Å². The van der Waals surface area contributed by atoms with Gasteiger partial charge in [0.2, 0.25) is 0 Å². The summed E-state index contributed by atoms with van der Waals surface area (Å²) in [7, 11) is 0. The van der Waals surface area contributed by atoms with E-state index in [1.165, 1.54) is 37.8 Å². The Kier molecular flexibility index (Phi) is 9.92. The van der Waals surface area contributed by atoms with Gasteiger partial charge in [-0.3, -0.25) is 0 Å². The van der Waals surface area contributed by atoms with Gasteiger partial charge in [-0.1, -0.05) is 31.8 Å². The highest BCUT2D eigenvalue weighted by atomic mass is 16.5. The van der Waals surface area contributed by atoms with Crippen molar-refractivity contribution in [1.29, 1.82) is 0 Å². The van der Waals surface area contributed by atoms with Gasteiger partial charge in [0.05, 0.1) is 10.8 Å². The van der Waals surface area contributed by atoms with Crippen molar-refractivity contribution in [3.8, 4) is 0 Å². The van der Waals surface area contributed by atoms with Crippen LogP contribution >= 0.6 is 0 Å². The van der Waals surface area contributed by atoms with Crippen LogP contribution in [-0.4, -0.2) is 22.5 Å². The molecule has 0 amide bonds. The number of benzene rings is 1. The summed E-state index contributed by atoms with van der Waals surface area (Å²) in [6, 6.07) is 6.08. The number of rotatable bonds is 13. The third-order valence-corrected chi connectivity index (χ3v) is 3.68. The smallest absolute Gasteiger partial charge is 0.335 e. The summed E-state index contributed by atoms with van der Waals surface area (Å²) in [6.07, 6.45) is 11.0. The lowest BCUT2D eigenvalue weighted by Crippen LogP contribution is -2.06. The predicted octanol–water partition coefficient (Wildman–Crippen LogP) is 4.98. The predicted molar refractivity (Wildman–Crippen MR) is 95.1 cm³/mol. The number of nitrogens with zero attached hydrogens (tertiary/aromatic N) is 2. The Morgan fingerprint density at radius 3 is 2.29 bits per heavy atom. The van der Waals surface area contributed by atoms with Crippen molar-refractivity contribution < 1.29 is 14.8 Å². The van der Waals surface area contributed by atoms with Crippen LogP contribution in [0.25, 0.3) is 0 Å². The van der Waals surface area contributed by atoms with Crippen molar-refractivity contribution in [2.75, 3.05) is 12.0 Å². The zero-order valence-corrected chi connectivity index (χ0v) is 14.1. The fraction of sp³-hybridized carbons (Fsp3) is 0.500. The van der Waals surface area contributed by atoms with Gasteiger partial charge in [0.15, 0.2) is 0 Å². The van der Waals surface area contributed by atoms with Crippen molar-refractivity contribution in [2.45, 2.75) is 51.4 Å². The second-order valence-corrected chi connectivity index (χ2v) is 5.72. The molecule has 0 bridgehead atoms. The van der Waals surface area contributed by atoms with E-state index in [2.05, 4.69) is 17.2 Å². The number of hydrogen-bond acceptors (Lipinski definition) is 3. The van der Waals surface area contributed by atoms with Crippen LogP contribution in [0.1, 0.15) is 61.7 Å². The Morgan fingerprint density at radius 2 is 1.71 bits per heavy atom. The van der Waals surface area contributed by atoms with E-state index in [0.717, 1.165) is 25.7 Å². The number of nitrogens with one attached hydrogen (secondary N) is 1. The first-order valence-corrected chi connectivity index (χ1v) is 8.49. The van der Waals surface area contributed by atoms with E-state index in [4.69, 9.17) is 5.11 Å². The number of aromatic carboxylic acids is 1. The summed E-state index contributed by atoms with van der Waals surface area (Å²) >= 11 is 0. The largest absolute Gasteiger partial charge is 0.696 e. The van der Waals surface area contributed by atoms with Crippen LogP contribution in [0.4, 0.5) is 5.69 Å². The van der Waals surface area contributed by atoms with Crippen molar-refractivity contribution in [2.24, 2.45) is 5.22 Å². The van der Waals surface area contributed by atoms with E-state index in [1.807, 2.05) is 6.08 Å². The third kappa shape index (κ3) is 8.92. The van der Waals surface area contributed by atoms with Gasteiger partial charge < -0.3 is 10.3 Å². The summed E-state index contributed by atoms with van der Waals surface area (Å²) in [5, 5.41) is 24.1. The van der Waals surface area contributed by atoms with Crippen LogP contribution in [0.3, 0.4) is 0 Å². The van der Waals surface area contributed by atoms with Crippen LogP contribution < -0.4 is 5.43 Å². The molecular weight excluding hydrogens is 306 g/mol. The van der Waals surface area contributed by atoms with Crippen LogP contribution in [0.15, 0.2) is 42.1 Å². The molecule has 0 saturated carbocycles. The molecule has 0 radical (unpaired) electrons. The lowest BCUT2D eigenvalue weighted by molar-refractivity contribution is -0.528. The van der Waals surface area contributed by atoms with Gasteiger partial charge >= 0.3 is 5.97 Å². The Balaban J connectivity index is 2.12. The molecule has 0 aliphatic rings. The van der Waals surface area contributed by atoms with Gasteiger partial charge in [-0.25, -0.2) is 4.79 Å². The molecule has 6 nitrogen and oxygen atoms in total. The van der Waals surface area contributed by atoms with Crippen molar-refractivity contribution in [3.63, 3.8) is 0 Å². The molecule has 24 heavy (non-hydrogen) atoms. The van der Waals surface area contributed by atoms with Gasteiger partial charge in [0, 0.05) is 0 Å². The molecule has 0 aliphatic heterocycles. The average Bonchev–Trinajstić information content (AvgIpc) is 2.59. The Labute approximate surface area is 143 Å². The summed E-state index contributed by atoms with van der Waals surface area (Å²) < 4.78 is 0. The van der Waals surface area contributed by atoms with Gasteiger partial charge in [-0.2, -0.15) is 4.86 Å². The van der Waals surface area contributed by atoms with Crippen molar-refractivity contribution in [1.82, 2.24) is 0 Å². The van der Waals surface area contributed by atoms with Gasteiger partial charge in [-0.15, -0.1) is 12.0 Å².